The van der Waals surface area contributed by atoms with E-state index < -0.39 is 59.9 Å². The Morgan fingerprint density at radius 3 is 1.18 bits per heavy atom. The lowest BCUT2D eigenvalue weighted by Crippen LogP contribution is -2.61. The van der Waals surface area contributed by atoms with Crippen LogP contribution in [0.25, 0.3) is 0 Å². The van der Waals surface area contributed by atoms with Crippen molar-refractivity contribution in [3.05, 3.63) is 24.3 Å². The fourth-order valence-corrected chi connectivity index (χ4v) is 11.0. The zero-order chi connectivity index (χ0) is 55.4. The topological polar surface area (TPSA) is 192 Å². The van der Waals surface area contributed by atoms with Crippen molar-refractivity contribution < 1.29 is 51.8 Å². The Labute approximate surface area is 467 Å². The largest absolute Gasteiger partial charge is 0.397 e. The molecule has 0 aromatic carbocycles. The van der Waals surface area contributed by atoms with Crippen LogP contribution in [0.4, 0.5) is 0 Å². The van der Waals surface area contributed by atoms with E-state index >= 15 is 0 Å². The molecule has 7 unspecified atom stereocenters. The van der Waals surface area contributed by atoms with Crippen molar-refractivity contribution in [2.45, 2.75) is 358 Å². The first kappa shape index (κ1) is 72.6. The van der Waals surface area contributed by atoms with Crippen molar-refractivity contribution in [2.75, 3.05) is 13.2 Å². The van der Waals surface area contributed by atoms with E-state index in [0.717, 1.165) is 38.5 Å². The van der Waals surface area contributed by atoms with Gasteiger partial charge in [-0.05, 0) is 44.9 Å². The SMILES string of the molecule is CCCCCCCCCC/C=C/C(O)C(COC1OC(CO)C(O)C(OS(=O)(=O)O)C1O)NC(=O)CCCCCCCCCCCCCCCCCCC/C=C\CCCCCCCCCCCCCCCCCCCC. The molecule has 0 aliphatic carbocycles. The van der Waals surface area contributed by atoms with E-state index in [0.29, 0.717) is 6.42 Å². The second kappa shape index (κ2) is 52.9. The molecule has 1 aliphatic heterocycles. The van der Waals surface area contributed by atoms with E-state index in [1.165, 1.54) is 250 Å². The third-order valence-corrected chi connectivity index (χ3v) is 15.9. The monoisotopic (exact) mass is 1100 g/mol. The van der Waals surface area contributed by atoms with Crippen LogP contribution in [-0.4, -0.2) is 95.4 Å². The molecule has 1 rings (SSSR count). The quantitative estimate of drug-likeness (QED) is 0.0193. The van der Waals surface area contributed by atoms with Crippen LogP contribution in [0, 0.1) is 0 Å². The molecule has 0 radical (unpaired) electrons. The number of amides is 1. The number of nitrogens with one attached hydrogen (secondary N) is 1. The normalized spacial score (nSPS) is 19.1. The zero-order valence-corrected chi connectivity index (χ0v) is 49.9. The van der Waals surface area contributed by atoms with Gasteiger partial charge in [0.2, 0.25) is 5.91 Å². The van der Waals surface area contributed by atoms with Crippen LogP contribution in [0.2, 0.25) is 0 Å². The van der Waals surface area contributed by atoms with Gasteiger partial charge in [0.15, 0.2) is 6.29 Å². The average molecular weight is 1100 g/mol. The molecule has 0 aromatic rings. The van der Waals surface area contributed by atoms with Gasteiger partial charge in [-0.1, -0.05) is 289 Å². The van der Waals surface area contributed by atoms with Gasteiger partial charge in [0, 0.05) is 6.42 Å². The fraction of sp³-hybridized carbons (Fsp3) is 0.921. The van der Waals surface area contributed by atoms with Gasteiger partial charge in [-0.15, -0.1) is 0 Å². The number of hydrogen-bond acceptors (Lipinski definition) is 10. The highest BCUT2D eigenvalue weighted by Crippen LogP contribution is 2.26. The second-order valence-corrected chi connectivity index (χ2v) is 23.8. The maximum absolute atomic E-state index is 13.1. The summed E-state index contributed by atoms with van der Waals surface area (Å²) in [6.07, 6.45) is 58.7. The summed E-state index contributed by atoms with van der Waals surface area (Å²) in [4.78, 5) is 13.1. The molecular weight excluding hydrogens is 979 g/mol. The summed E-state index contributed by atoms with van der Waals surface area (Å²) in [5, 5.41) is 44.8. The van der Waals surface area contributed by atoms with Gasteiger partial charge in [0.1, 0.15) is 24.4 Å². The highest BCUT2D eigenvalue weighted by Gasteiger charge is 2.48. The van der Waals surface area contributed by atoms with Crippen molar-refractivity contribution >= 4 is 16.3 Å². The summed E-state index contributed by atoms with van der Waals surface area (Å²) >= 11 is 0. The molecule has 6 N–H and O–H groups in total. The second-order valence-electron chi connectivity index (χ2n) is 22.7. The summed E-state index contributed by atoms with van der Waals surface area (Å²) < 4.78 is 47.7. The lowest BCUT2D eigenvalue weighted by atomic mass is 9.99. The Balaban J connectivity index is 2.09. The number of carbonyl (C=O) groups excluding carboxylic acids is 1. The van der Waals surface area contributed by atoms with Crippen LogP contribution in [-0.2, 0) is 28.9 Å². The van der Waals surface area contributed by atoms with Crippen molar-refractivity contribution in [3.63, 3.8) is 0 Å². The molecule has 0 spiro atoms. The van der Waals surface area contributed by atoms with E-state index in [-0.39, 0.29) is 18.9 Å². The first-order chi connectivity index (χ1) is 37.0. The van der Waals surface area contributed by atoms with E-state index in [9.17, 15) is 38.2 Å². The number of aliphatic hydroxyl groups is 4. The molecule has 1 fully saturated rings. The van der Waals surface area contributed by atoms with Crippen LogP contribution < -0.4 is 5.32 Å². The minimum atomic E-state index is -5.09. The van der Waals surface area contributed by atoms with Gasteiger partial charge < -0.3 is 35.2 Å². The predicted molar refractivity (Wildman–Crippen MR) is 315 cm³/mol. The third kappa shape index (κ3) is 44.3. The molecule has 1 saturated heterocycles. The molecule has 450 valence electrons. The lowest BCUT2D eigenvalue weighted by molar-refractivity contribution is -0.298. The highest BCUT2D eigenvalue weighted by atomic mass is 32.3. The van der Waals surface area contributed by atoms with Crippen LogP contribution >= 0.6 is 0 Å². The molecule has 76 heavy (non-hydrogen) atoms. The van der Waals surface area contributed by atoms with Gasteiger partial charge >= 0.3 is 10.4 Å². The molecule has 7 atom stereocenters. The summed E-state index contributed by atoms with van der Waals surface area (Å²) in [6, 6.07) is -0.941. The Hall–Kier alpha value is -1.42. The van der Waals surface area contributed by atoms with Crippen LogP contribution in [0.3, 0.4) is 0 Å². The Kier molecular flexibility index (Phi) is 50.6. The van der Waals surface area contributed by atoms with E-state index in [1.807, 2.05) is 6.08 Å². The minimum absolute atomic E-state index is 0.260. The summed E-state index contributed by atoms with van der Waals surface area (Å²) in [5.74, 6) is -0.260. The maximum Gasteiger partial charge on any atom is 0.397 e. The number of rotatable bonds is 57. The van der Waals surface area contributed by atoms with E-state index in [1.54, 1.807) is 6.08 Å². The van der Waals surface area contributed by atoms with Crippen molar-refractivity contribution in [1.82, 2.24) is 5.32 Å². The van der Waals surface area contributed by atoms with Gasteiger partial charge in [0.05, 0.1) is 25.4 Å². The molecule has 0 saturated carbocycles. The van der Waals surface area contributed by atoms with Gasteiger partial charge in [-0.2, -0.15) is 8.42 Å². The van der Waals surface area contributed by atoms with Crippen molar-refractivity contribution in [3.8, 4) is 0 Å². The standard InChI is InChI=1S/C63H121NO11S/c1-3-5-7-9-11-13-15-16-17-18-19-20-21-22-23-24-25-26-27-28-29-30-31-32-33-34-35-36-37-38-39-40-41-42-43-45-47-49-51-53-59(67)64-56(57(66)52-50-48-46-44-14-12-10-8-6-4-2)55-73-63-61(69)62(75-76(70,71)72)60(68)58(54-65)74-63/h28-29,50,52,56-58,60-63,65-66,68-69H,3-27,30-49,51,53-55H2,1-2H3,(H,64,67)(H,70,71,72)/b29-28-,52-50+. The van der Waals surface area contributed by atoms with Crippen molar-refractivity contribution in [2.24, 2.45) is 0 Å². The Bertz CT molecular complexity index is 1430. The number of allylic oxidation sites excluding steroid dienone is 3. The van der Waals surface area contributed by atoms with Gasteiger partial charge in [-0.3, -0.25) is 9.35 Å². The first-order valence-corrected chi connectivity index (χ1v) is 33.6. The Morgan fingerprint density at radius 2 is 0.842 bits per heavy atom. The van der Waals surface area contributed by atoms with Gasteiger partial charge in [0.25, 0.3) is 0 Å². The van der Waals surface area contributed by atoms with E-state index in [2.05, 4.69) is 35.5 Å². The first-order valence-electron chi connectivity index (χ1n) is 32.2. The van der Waals surface area contributed by atoms with Crippen LogP contribution in [0.5, 0.6) is 0 Å². The van der Waals surface area contributed by atoms with Crippen molar-refractivity contribution in [1.29, 1.82) is 0 Å². The van der Waals surface area contributed by atoms with Crippen LogP contribution in [0.1, 0.15) is 316 Å². The molecule has 1 amide bonds. The summed E-state index contributed by atoms with van der Waals surface area (Å²) in [6.45, 7) is 3.40. The fourth-order valence-electron chi connectivity index (χ4n) is 10.5. The van der Waals surface area contributed by atoms with Gasteiger partial charge in [-0.25, -0.2) is 4.18 Å². The number of hydrogen-bond donors (Lipinski definition) is 6. The minimum Gasteiger partial charge on any atom is -0.394 e. The smallest absolute Gasteiger partial charge is 0.394 e. The number of carbonyl (C=O) groups is 1. The van der Waals surface area contributed by atoms with E-state index in [4.69, 9.17) is 9.47 Å². The lowest BCUT2D eigenvalue weighted by Gasteiger charge is -2.41. The zero-order valence-electron chi connectivity index (χ0n) is 49.1. The number of unbranched alkanes of at least 4 members (excludes halogenated alkanes) is 43. The maximum atomic E-state index is 13.1. The molecule has 13 heteroatoms. The molecule has 12 nitrogen and oxygen atoms in total. The number of ether oxygens (including phenoxy) is 2. The van der Waals surface area contributed by atoms with Crippen LogP contribution in [0.15, 0.2) is 24.3 Å². The highest BCUT2D eigenvalue weighted by molar-refractivity contribution is 7.80. The average Bonchev–Trinajstić information content (AvgIpc) is 3.40. The Morgan fingerprint density at radius 1 is 0.513 bits per heavy atom. The third-order valence-electron chi connectivity index (χ3n) is 15.5. The molecule has 0 aromatic heterocycles. The summed E-state index contributed by atoms with van der Waals surface area (Å²) in [7, 11) is -5.09. The number of aliphatic hydroxyl groups excluding tert-OH is 4. The predicted octanol–water partition coefficient (Wildman–Crippen LogP) is 16.0. The summed E-state index contributed by atoms with van der Waals surface area (Å²) in [5.41, 5.74) is 0. The molecule has 1 aliphatic rings. The molecular formula is C63H121NO11S. The molecule has 0 bridgehead atoms. The molecule has 1 heterocycles.